The first-order valence-electron chi connectivity index (χ1n) is 10.8. The summed E-state index contributed by atoms with van der Waals surface area (Å²) in [5, 5.41) is 11.3. The number of aromatic nitrogens is 3. The fraction of sp³-hybridized carbons (Fsp3) is 0.0370. The summed E-state index contributed by atoms with van der Waals surface area (Å²) in [7, 11) is 1.90. The molecule has 2 aromatic heterocycles. The highest BCUT2D eigenvalue weighted by atomic mass is 35.5. The molecule has 4 N–H and O–H groups in total. The smallest absolute Gasteiger partial charge is 0.227 e. The lowest BCUT2D eigenvalue weighted by atomic mass is 10.1. The Morgan fingerprint density at radius 1 is 0.941 bits per heavy atom. The van der Waals surface area contributed by atoms with Crippen molar-refractivity contribution < 1.29 is 0 Å². The summed E-state index contributed by atoms with van der Waals surface area (Å²) in [6.45, 7) is 4.17. The van der Waals surface area contributed by atoms with E-state index in [1.54, 1.807) is 6.20 Å². The van der Waals surface area contributed by atoms with Crippen LogP contribution in [0, 0.1) is 0 Å². The molecule has 34 heavy (non-hydrogen) atoms. The van der Waals surface area contributed by atoms with Crippen LogP contribution in [0.5, 0.6) is 0 Å². The summed E-state index contributed by atoms with van der Waals surface area (Å²) < 4.78 is 0. The second-order valence-corrected chi connectivity index (χ2v) is 8.18. The summed E-state index contributed by atoms with van der Waals surface area (Å²) >= 11 is 6.46. The van der Waals surface area contributed by atoms with E-state index < -0.39 is 0 Å². The first kappa shape index (κ1) is 21.6. The molecule has 6 nitrogen and oxygen atoms in total. The third-order valence-electron chi connectivity index (χ3n) is 5.52. The third-order valence-corrected chi connectivity index (χ3v) is 5.80. The zero-order valence-corrected chi connectivity index (χ0v) is 19.3. The van der Waals surface area contributed by atoms with E-state index >= 15 is 0 Å². The lowest BCUT2D eigenvalue weighted by molar-refractivity contribution is 1.17. The molecule has 0 fully saturated rings. The summed E-state index contributed by atoms with van der Waals surface area (Å²) in [4.78, 5) is 12.3. The van der Waals surface area contributed by atoms with Crippen LogP contribution in [0.15, 0.2) is 91.8 Å². The Labute approximate surface area is 202 Å². The standard InChI is InChI=1S/C27H23ClN6/c1-17(18-10-12-19(29-2)13-11-18)32-20-6-5-7-21(14-20)33-27-31-16-24(28)26(34-27)23-15-30-25-9-4-3-8-22(23)25/h3-16,29-30,32H,1H2,2H3,(H,31,33,34). The third kappa shape index (κ3) is 4.44. The van der Waals surface area contributed by atoms with Gasteiger partial charge in [0.25, 0.3) is 0 Å². The number of halogens is 1. The van der Waals surface area contributed by atoms with Crippen LogP contribution in [-0.2, 0) is 0 Å². The van der Waals surface area contributed by atoms with Gasteiger partial charge in [-0.15, -0.1) is 0 Å². The maximum Gasteiger partial charge on any atom is 0.227 e. The SMILES string of the molecule is C=C(Nc1cccc(Nc2ncc(Cl)c(-c3c[nH]c4ccccc34)n2)c1)c1ccc(NC)cc1. The van der Waals surface area contributed by atoms with Gasteiger partial charge in [-0.25, -0.2) is 9.97 Å². The minimum Gasteiger partial charge on any atom is -0.388 e. The first-order valence-corrected chi connectivity index (χ1v) is 11.2. The predicted molar refractivity (Wildman–Crippen MR) is 143 cm³/mol. The molecule has 0 saturated heterocycles. The maximum atomic E-state index is 6.46. The molecular weight excluding hydrogens is 444 g/mol. The van der Waals surface area contributed by atoms with Crippen molar-refractivity contribution in [2.75, 3.05) is 23.0 Å². The van der Waals surface area contributed by atoms with Crippen LogP contribution >= 0.6 is 11.6 Å². The number of H-pyrrole nitrogens is 1. The molecule has 0 aliphatic heterocycles. The number of benzene rings is 3. The zero-order valence-electron chi connectivity index (χ0n) is 18.6. The average molecular weight is 467 g/mol. The van der Waals surface area contributed by atoms with Crippen molar-refractivity contribution in [1.82, 2.24) is 15.0 Å². The minimum absolute atomic E-state index is 0.461. The van der Waals surface area contributed by atoms with Crippen molar-refractivity contribution >= 4 is 51.2 Å². The Balaban J connectivity index is 1.36. The lowest BCUT2D eigenvalue weighted by Gasteiger charge is -2.13. The average Bonchev–Trinajstić information content (AvgIpc) is 3.29. The molecule has 0 bridgehead atoms. The van der Waals surface area contributed by atoms with Crippen LogP contribution in [0.1, 0.15) is 5.56 Å². The van der Waals surface area contributed by atoms with Crippen LogP contribution in [0.3, 0.4) is 0 Å². The molecular formula is C27H23ClN6. The topological polar surface area (TPSA) is 77.7 Å². The number of anilines is 4. The van der Waals surface area contributed by atoms with Gasteiger partial charge in [-0.1, -0.05) is 54.6 Å². The molecule has 7 heteroatoms. The van der Waals surface area contributed by atoms with Crippen LogP contribution < -0.4 is 16.0 Å². The molecule has 0 saturated carbocycles. The Morgan fingerprint density at radius 3 is 2.56 bits per heavy atom. The number of para-hydroxylation sites is 1. The summed E-state index contributed by atoms with van der Waals surface area (Å²) in [6, 6.07) is 24.0. The van der Waals surface area contributed by atoms with Crippen molar-refractivity contribution in [2.24, 2.45) is 0 Å². The Morgan fingerprint density at radius 2 is 1.74 bits per heavy atom. The van der Waals surface area contributed by atoms with Gasteiger partial charge < -0.3 is 20.9 Å². The maximum absolute atomic E-state index is 6.46. The first-order chi connectivity index (χ1) is 16.6. The molecule has 0 spiro atoms. The summed E-state index contributed by atoms with van der Waals surface area (Å²) in [6.07, 6.45) is 3.54. The quantitative estimate of drug-likeness (QED) is 0.205. The monoisotopic (exact) mass is 466 g/mol. The molecule has 0 amide bonds. The molecule has 0 atom stereocenters. The summed E-state index contributed by atoms with van der Waals surface area (Å²) in [5.41, 5.74) is 7.25. The van der Waals surface area contributed by atoms with Gasteiger partial charge >= 0.3 is 0 Å². The number of hydrogen-bond donors (Lipinski definition) is 4. The highest BCUT2D eigenvalue weighted by Gasteiger charge is 2.13. The summed E-state index contributed by atoms with van der Waals surface area (Å²) in [5.74, 6) is 0.461. The van der Waals surface area contributed by atoms with E-state index in [1.807, 2.05) is 86.0 Å². The van der Waals surface area contributed by atoms with Gasteiger partial charge in [0.05, 0.1) is 16.9 Å². The van der Waals surface area contributed by atoms with Crippen LogP contribution in [0.2, 0.25) is 5.02 Å². The molecule has 0 unspecified atom stereocenters. The van der Waals surface area contributed by atoms with Crippen molar-refractivity contribution in [3.8, 4) is 11.3 Å². The zero-order chi connectivity index (χ0) is 23.5. The molecule has 0 aliphatic carbocycles. The number of hydrogen-bond acceptors (Lipinski definition) is 5. The Kier molecular flexibility index (Phi) is 5.89. The number of nitrogens with one attached hydrogen (secondary N) is 4. The van der Waals surface area contributed by atoms with Crippen molar-refractivity contribution in [3.05, 3.63) is 102 Å². The molecule has 3 aromatic carbocycles. The van der Waals surface area contributed by atoms with E-state index in [1.165, 1.54) is 0 Å². The number of aromatic amines is 1. The number of nitrogens with zero attached hydrogens (tertiary/aromatic N) is 2. The molecule has 5 aromatic rings. The van der Waals surface area contributed by atoms with Crippen molar-refractivity contribution in [2.45, 2.75) is 0 Å². The normalized spacial score (nSPS) is 10.8. The fourth-order valence-corrected chi connectivity index (χ4v) is 3.96. The highest BCUT2D eigenvalue weighted by molar-refractivity contribution is 6.33. The van der Waals surface area contributed by atoms with Crippen LogP contribution in [-0.4, -0.2) is 22.0 Å². The predicted octanol–water partition coefficient (Wildman–Crippen LogP) is 7.15. The van der Waals surface area contributed by atoms with Gasteiger partial charge in [-0.05, 0) is 42.0 Å². The van der Waals surface area contributed by atoms with Gasteiger partial charge in [0.15, 0.2) is 0 Å². The van der Waals surface area contributed by atoms with E-state index in [0.29, 0.717) is 16.7 Å². The Bertz CT molecular complexity index is 1470. The van der Waals surface area contributed by atoms with Gasteiger partial charge in [0.1, 0.15) is 0 Å². The second kappa shape index (κ2) is 9.29. The van der Waals surface area contributed by atoms with E-state index in [4.69, 9.17) is 16.6 Å². The van der Waals surface area contributed by atoms with E-state index in [0.717, 1.165) is 44.8 Å². The van der Waals surface area contributed by atoms with Gasteiger partial charge in [-0.3, -0.25) is 0 Å². The lowest BCUT2D eigenvalue weighted by Crippen LogP contribution is -2.01. The van der Waals surface area contributed by atoms with Crippen LogP contribution in [0.25, 0.3) is 27.9 Å². The molecule has 5 rings (SSSR count). The fourth-order valence-electron chi connectivity index (χ4n) is 3.77. The molecule has 0 radical (unpaired) electrons. The second-order valence-electron chi connectivity index (χ2n) is 7.77. The van der Waals surface area contributed by atoms with Gasteiger partial charge in [0.2, 0.25) is 5.95 Å². The largest absolute Gasteiger partial charge is 0.388 e. The molecule has 0 aliphatic rings. The van der Waals surface area contributed by atoms with Crippen molar-refractivity contribution in [3.63, 3.8) is 0 Å². The minimum atomic E-state index is 0.461. The number of fused-ring (bicyclic) bond motifs is 1. The van der Waals surface area contributed by atoms with E-state index in [9.17, 15) is 0 Å². The molecule has 2 heterocycles. The number of rotatable bonds is 7. The van der Waals surface area contributed by atoms with Gasteiger partial charge in [0, 0.05) is 52.5 Å². The Hall–Kier alpha value is -4.29. The molecule has 168 valence electrons. The van der Waals surface area contributed by atoms with Crippen LogP contribution in [0.4, 0.5) is 23.0 Å². The van der Waals surface area contributed by atoms with Gasteiger partial charge in [-0.2, -0.15) is 0 Å². The highest BCUT2D eigenvalue weighted by Crippen LogP contribution is 2.33. The van der Waals surface area contributed by atoms with E-state index in [2.05, 4.69) is 32.5 Å². The van der Waals surface area contributed by atoms with Crippen molar-refractivity contribution in [1.29, 1.82) is 0 Å². The van der Waals surface area contributed by atoms with E-state index in [-0.39, 0.29) is 0 Å².